The molecule has 0 amide bonds. The van der Waals surface area contributed by atoms with Gasteiger partial charge in [0.2, 0.25) is 5.95 Å². The van der Waals surface area contributed by atoms with E-state index in [-0.39, 0.29) is 0 Å². The Morgan fingerprint density at radius 2 is 2.20 bits per heavy atom. The maximum Gasteiger partial charge on any atom is 0.225 e. The predicted molar refractivity (Wildman–Crippen MR) is 84.0 cm³/mol. The maximum atomic E-state index is 5.88. The van der Waals surface area contributed by atoms with E-state index in [1.165, 1.54) is 37.7 Å². The second kappa shape index (κ2) is 7.58. The molecule has 1 fully saturated rings. The topological polar surface area (TPSA) is 55.0 Å². The summed E-state index contributed by atoms with van der Waals surface area (Å²) < 4.78 is 0. The first kappa shape index (κ1) is 15.2. The fourth-order valence-corrected chi connectivity index (χ4v) is 2.94. The quantitative estimate of drug-likeness (QED) is 0.812. The minimum atomic E-state index is 0.411. The highest BCUT2D eigenvalue weighted by Gasteiger charge is 2.23. The Labute approximate surface area is 122 Å². The molecule has 0 aliphatic carbocycles. The molecular formula is C16H28N4. The number of anilines is 1. The summed E-state index contributed by atoms with van der Waals surface area (Å²) in [7, 11) is 0. The van der Waals surface area contributed by atoms with Crippen LogP contribution in [0.4, 0.5) is 5.95 Å². The van der Waals surface area contributed by atoms with Crippen molar-refractivity contribution in [2.24, 2.45) is 5.73 Å². The highest BCUT2D eigenvalue weighted by molar-refractivity contribution is 5.35. The van der Waals surface area contributed by atoms with Crippen molar-refractivity contribution in [2.45, 2.75) is 64.8 Å². The molecule has 0 spiro atoms. The largest absolute Gasteiger partial charge is 0.337 e. The van der Waals surface area contributed by atoms with Gasteiger partial charge >= 0.3 is 0 Å². The van der Waals surface area contributed by atoms with Crippen LogP contribution in [0.25, 0.3) is 0 Å². The first-order chi connectivity index (χ1) is 9.76. The van der Waals surface area contributed by atoms with Crippen molar-refractivity contribution in [1.82, 2.24) is 9.97 Å². The summed E-state index contributed by atoms with van der Waals surface area (Å²) in [5, 5.41) is 0. The summed E-state index contributed by atoms with van der Waals surface area (Å²) in [4.78, 5) is 11.6. The molecule has 0 radical (unpaired) electrons. The summed E-state index contributed by atoms with van der Waals surface area (Å²) in [5.74, 6) is 0.872. The van der Waals surface area contributed by atoms with E-state index < -0.39 is 0 Å². The van der Waals surface area contributed by atoms with Gasteiger partial charge in [0.25, 0.3) is 0 Å². The van der Waals surface area contributed by atoms with E-state index in [0.717, 1.165) is 31.0 Å². The molecule has 2 heterocycles. The average molecular weight is 276 g/mol. The summed E-state index contributed by atoms with van der Waals surface area (Å²) in [5.41, 5.74) is 8.31. The molecule has 112 valence electrons. The van der Waals surface area contributed by atoms with E-state index in [9.17, 15) is 0 Å². The molecule has 0 aromatic carbocycles. The molecule has 0 saturated carbocycles. The van der Waals surface area contributed by atoms with Crippen LogP contribution in [0.5, 0.6) is 0 Å². The van der Waals surface area contributed by atoms with Gasteiger partial charge in [0.05, 0.1) is 0 Å². The zero-order valence-electron chi connectivity index (χ0n) is 12.9. The number of unbranched alkanes of at least 4 members (excludes halogenated alkanes) is 2. The van der Waals surface area contributed by atoms with Gasteiger partial charge in [-0.3, -0.25) is 0 Å². The van der Waals surface area contributed by atoms with Gasteiger partial charge in [-0.15, -0.1) is 0 Å². The van der Waals surface area contributed by atoms with Crippen molar-refractivity contribution >= 4 is 5.95 Å². The highest BCUT2D eigenvalue weighted by Crippen LogP contribution is 2.22. The number of piperidine rings is 1. The van der Waals surface area contributed by atoms with Crippen LogP contribution in [0.2, 0.25) is 0 Å². The van der Waals surface area contributed by atoms with E-state index in [1.54, 1.807) is 0 Å². The van der Waals surface area contributed by atoms with Gasteiger partial charge in [0.1, 0.15) is 0 Å². The third-order valence-corrected chi connectivity index (χ3v) is 4.27. The second-order valence-electron chi connectivity index (χ2n) is 5.82. The lowest BCUT2D eigenvalue weighted by Crippen LogP contribution is -2.45. The minimum Gasteiger partial charge on any atom is -0.337 e. The fraction of sp³-hybridized carbons (Fsp3) is 0.750. The Morgan fingerprint density at radius 1 is 1.35 bits per heavy atom. The Balaban J connectivity index is 2.07. The van der Waals surface area contributed by atoms with E-state index in [1.807, 2.05) is 6.20 Å². The van der Waals surface area contributed by atoms with Gasteiger partial charge in [0.15, 0.2) is 0 Å². The number of aromatic nitrogens is 2. The van der Waals surface area contributed by atoms with Gasteiger partial charge in [-0.1, -0.05) is 19.8 Å². The Hall–Kier alpha value is -1.16. The van der Waals surface area contributed by atoms with Crippen LogP contribution in [0.15, 0.2) is 6.20 Å². The monoisotopic (exact) mass is 276 g/mol. The number of rotatable bonds is 6. The Bertz CT molecular complexity index is 419. The van der Waals surface area contributed by atoms with Gasteiger partial charge in [-0.05, 0) is 44.6 Å². The zero-order chi connectivity index (χ0) is 14.4. The lowest BCUT2D eigenvalue weighted by atomic mass is 10.0. The minimum absolute atomic E-state index is 0.411. The molecule has 1 aliphatic heterocycles. The summed E-state index contributed by atoms with van der Waals surface area (Å²) >= 11 is 0. The molecular weight excluding hydrogens is 248 g/mol. The van der Waals surface area contributed by atoms with Crippen molar-refractivity contribution in [2.75, 3.05) is 18.0 Å². The van der Waals surface area contributed by atoms with Gasteiger partial charge < -0.3 is 10.6 Å². The summed E-state index contributed by atoms with van der Waals surface area (Å²) in [6.45, 7) is 6.07. The van der Waals surface area contributed by atoms with Gasteiger partial charge in [0, 0.05) is 31.0 Å². The molecule has 2 rings (SSSR count). The number of nitrogens with zero attached hydrogens (tertiary/aromatic N) is 3. The number of hydrogen-bond acceptors (Lipinski definition) is 4. The van der Waals surface area contributed by atoms with Gasteiger partial charge in [-0.2, -0.15) is 0 Å². The van der Waals surface area contributed by atoms with Crippen molar-refractivity contribution in [3.63, 3.8) is 0 Å². The number of aryl methyl sites for hydroxylation is 2. The third kappa shape index (κ3) is 3.69. The molecule has 1 atom stereocenters. The predicted octanol–water partition coefficient (Wildman–Crippen LogP) is 2.84. The lowest BCUT2D eigenvalue weighted by molar-refractivity contribution is 0.457. The van der Waals surface area contributed by atoms with Crippen molar-refractivity contribution < 1.29 is 0 Å². The van der Waals surface area contributed by atoms with Crippen LogP contribution in [0.3, 0.4) is 0 Å². The molecule has 1 aromatic heterocycles. The zero-order valence-corrected chi connectivity index (χ0v) is 12.9. The Kier molecular flexibility index (Phi) is 5.77. The van der Waals surface area contributed by atoms with Crippen LogP contribution in [-0.4, -0.2) is 29.1 Å². The standard InChI is InChI=1S/C16H28N4/c1-3-4-5-8-14-12-18-16(19-13(14)2)20-10-7-6-9-15(20)11-17/h12,15H,3-11,17H2,1-2H3. The molecule has 20 heavy (non-hydrogen) atoms. The van der Waals surface area contributed by atoms with Crippen LogP contribution < -0.4 is 10.6 Å². The molecule has 0 bridgehead atoms. The molecule has 2 N–H and O–H groups in total. The van der Waals surface area contributed by atoms with Crippen LogP contribution in [-0.2, 0) is 6.42 Å². The second-order valence-corrected chi connectivity index (χ2v) is 5.82. The van der Waals surface area contributed by atoms with E-state index in [2.05, 4.69) is 23.7 Å². The van der Waals surface area contributed by atoms with Gasteiger partial charge in [-0.25, -0.2) is 9.97 Å². The molecule has 1 aromatic rings. The summed E-state index contributed by atoms with van der Waals surface area (Å²) in [6.07, 6.45) is 10.5. The smallest absolute Gasteiger partial charge is 0.225 e. The molecule has 4 nitrogen and oxygen atoms in total. The first-order valence-corrected chi connectivity index (χ1v) is 8.05. The number of hydrogen-bond donors (Lipinski definition) is 1. The van der Waals surface area contributed by atoms with Crippen molar-refractivity contribution in [1.29, 1.82) is 0 Å². The molecule has 1 aliphatic rings. The van der Waals surface area contributed by atoms with Crippen LogP contribution >= 0.6 is 0 Å². The Morgan fingerprint density at radius 3 is 2.90 bits per heavy atom. The SMILES string of the molecule is CCCCCc1cnc(N2CCCCC2CN)nc1C. The molecule has 1 saturated heterocycles. The van der Waals surface area contributed by atoms with Crippen LogP contribution in [0.1, 0.15) is 56.7 Å². The first-order valence-electron chi connectivity index (χ1n) is 8.05. The third-order valence-electron chi connectivity index (χ3n) is 4.27. The molecule has 1 unspecified atom stereocenters. The van der Waals surface area contributed by atoms with Crippen molar-refractivity contribution in [3.8, 4) is 0 Å². The maximum absolute atomic E-state index is 5.88. The normalized spacial score (nSPS) is 19.4. The average Bonchev–Trinajstić information content (AvgIpc) is 2.49. The fourth-order valence-electron chi connectivity index (χ4n) is 2.94. The lowest BCUT2D eigenvalue weighted by Gasteiger charge is -2.35. The van der Waals surface area contributed by atoms with Crippen LogP contribution in [0, 0.1) is 6.92 Å². The van der Waals surface area contributed by atoms with E-state index in [0.29, 0.717) is 12.6 Å². The summed E-state index contributed by atoms with van der Waals surface area (Å²) in [6, 6.07) is 0.411. The number of nitrogens with two attached hydrogens (primary N) is 1. The highest BCUT2D eigenvalue weighted by atomic mass is 15.3. The molecule has 4 heteroatoms. The van der Waals surface area contributed by atoms with Crippen molar-refractivity contribution in [3.05, 3.63) is 17.5 Å². The van der Waals surface area contributed by atoms with E-state index >= 15 is 0 Å². The van der Waals surface area contributed by atoms with E-state index in [4.69, 9.17) is 10.7 Å².